The molecular formula is C16H24N4O4S. The van der Waals surface area contributed by atoms with Crippen molar-refractivity contribution in [2.24, 2.45) is 5.92 Å². The SMILES string of the molecule is CNS(=O)(=O)c1ccc(N2CCC(NCC3CC3)CC2)c([N+](=O)[O-])c1. The van der Waals surface area contributed by atoms with Crippen molar-refractivity contribution in [2.75, 3.05) is 31.6 Å². The molecule has 1 heterocycles. The van der Waals surface area contributed by atoms with Crippen LogP contribution in [-0.2, 0) is 10.0 Å². The van der Waals surface area contributed by atoms with Gasteiger partial charge in [0.25, 0.3) is 5.69 Å². The molecule has 0 aromatic heterocycles. The van der Waals surface area contributed by atoms with Crippen molar-refractivity contribution >= 4 is 21.4 Å². The number of nitro benzene ring substituents is 1. The lowest BCUT2D eigenvalue weighted by Crippen LogP contribution is -2.43. The molecule has 9 heteroatoms. The zero-order chi connectivity index (χ0) is 18.0. The second-order valence-corrected chi connectivity index (χ2v) is 8.61. The summed E-state index contributed by atoms with van der Waals surface area (Å²) in [6.45, 7) is 2.52. The molecule has 1 aliphatic carbocycles. The highest BCUT2D eigenvalue weighted by molar-refractivity contribution is 7.89. The molecule has 0 spiro atoms. The van der Waals surface area contributed by atoms with Crippen LogP contribution < -0.4 is 14.9 Å². The van der Waals surface area contributed by atoms with E-state index in [4.69, 9.17) is 0 Å². The lowest BCUT2D eigenvalue weighted by molar-refractivity contribution is -0.384. The quantitative estimate of drug-likeness (QED) is 0.558. The van der Waals surface area contributed by atoms with Crippen molar-refractivity contribution in [3.05, 3.63) is 28.3 Å². The molecule has 1 aliphatic heterocycles. The minimum Gasteiger partial charge on any atom is -0.366 e. The first kappa shape index (κ1) is 18.1. The van der Waals surface area contributed by atoms with Crippen LogP contribution in [0.1, 0.15) is 25.7 Å². The Labute approximate surface area is 147 Å². The Morgan fingerprint density at radius 2 is 1.92 bits per heavy atom. The fourth-order valence-corrected chi connectivity index (χ4v) is 3.93. The highest BCUT2D eigenvalue weighted by Gasteiger charge is 2.28. The molecule has 138 valence electrons. The predicted molar refractivity (Wildman–Crippen MR) is 95.3 cm³/mol. The summed E-state index contributed by atoms with van der Waals surface area (Å²) in [6, 6.07) is 4.56. The molecule has 0 amide bonds. The van der Waals surface area contributed by atoms with E-state index in [1.807, 2.05) is 4.90 Å². The number of anilines is 1. The van der Waals surface area contributed by atoms with Gasteiger partial charge in [0.2, 0.25) is 10.0 Å². The van der Waals surface area contributed by atoms with Gasteiger partial charge in [-0.3, -0.25) is 10.1 Å². The van der Waals surface area contributed by atoms with Crippen molar-refractivity contribution in [3.8, 4) is 0 Å². The van der Waals surface area contributed by atoms with Gasteiger partial charge in [-0.05, 0) is 57.3 Å². The first-order valence-corrected chi connectivity index (χ1v) is 10.1. The summed E-state index contributed by atoms with van der Waals surface area (Å²) >= 11 is 0. The number of sulfonamides is 1. The molecule has 2 N–H and O–H groups in total. The number of hydrogen-bond acceptors (Lipinski definition) is 6. The summed E-state index contributed by atoms with van der Waals surface area (Å²) in [5, 5.41) is 15.0. The molecular weight excluding hydrogens is 344 g/mol. The van der Waals surface area contributed by atoms with Gasteiger partial charge in [0.15, 0.2) is 0 Å². The molecule has 0 radical (unpaired) electrons. The molecule has 8 nitrogen and oxygen atoms in total. The molecule has 1 aromatic carbocycles. The standard InChI is InChI=1S/C16H24N4O4S/c1-17-25(23,24)14-4-5-15(16(10-14)20(21)22)19-8-6-13(7-9-19)18-11-12-2-3-12/h4-5,10,12-13,17-18H,2-3,6-9,11H2,1H3. The van der Waals surface area contributed by atoms with Gasteiger partial charge in [-0.15, -0.1) is 0 Å². The number of rotatable bonds is 7. The van der Waals surface area contributed by atoms with Crippen LogP contribution in [0.3, 0.4) is 0 Å². The Morgan fingerprint density at radius 1 is 1.24 bits per heavy atom. The molecule has 0 bridgehead atoms. The number of nitro groups is 1. The van der Waals surface area contributed by atoms with Gasteiger partial charge < -0.3 is 10.2 Å². The predicted octanol–water partition coefficient (Wildman–Crippen LogP) is 1.47. The third-order valence-electron chi connectivity index (χ3n) is 4.95. The van der Waals surface area contributed by atoms with Crippen molar-refractivity contribution in [1.29, 1.82) is 0 Å². The average molecular weight is 368 g/mol. The molecule has 3 rings (SSSR count). The summed E-state index contributed by atoms with van der Waals surface area (Å²) in [5.74, 6) is 0.834. The van der Waals surface area contributed by atoms with Crippen LogP contribution in [0.5, 0.6) is 0 Å². The first-order valence-electron chi connectivity index (χ1n) is 8.61. The fourth-order valence-electron chi connectivity index (χ4n) is 3.18. The van der Waals surface area contributed by atoms with Gasteiger partial charge in [0, 0.05) is 25.2 Å². The van der Waals surface area contributed by atoms with Crippen LogP contribution in [0.25, 0.3) is 0 Å². The van der Waals surface area contributed by atoms with E-state index in [9.17, 15) is 18.5 Å². The topological polar surface area (TPSA) is 105 Å². The Balaban J connectivity index is 1.72. The highest BCUT2D eigenvalue weighted by atomic mass is 32.2. The van der Waals surface area contributed by atoms with Crippen molar-refractivity contribution in [3.63, 3.8) is 0 Å². The van der Waals surface area contributed by atoms with Gasteiger partial charge in [-0.1, -0.05) is 0 Å². The maximum absolute atomic E-state index is 11.9. The molecule has 1 aromatic rings. The Hall–Kier alpha value is -1.71. The minimum absolute atomic E-state index is 0.0913. The fraction of sp³-hybridized carbons (Fsp3) is 0.625. The summed E-state index contributed by atoms with van der Waals surface area (Å²) in [4.78, 5) is 12.8. The Morgan fingerprint density at radius 3 is 2.48 bits per heavy atom. The molecule has 1 saturated heterocycles. The molecule has 0 unspecified atom stereocenters. The smallest absolute Gasteiger partial charge is 0.293 e. The first-order chi connectivity index (χ1) is 11.9. The number of nitrogens with zero attached hydrogens (tertiary/aromatic N) is 2. The molecule has 1 saturated carbocycles. The van der Waals surface area contributed by atoms with Crippen molar-refractivity contribution in [2.45, 2.75) is 36.6 Å². The van der Waals surface area contributed by atoms with Gasteiger partial charge in [0.1, 0.15) is 5.69 Å². The third kappa shape index (κ3) is 4.28. The molecule has 2 fully saturated rings. The van der Waals surface area contributed by atoms with E-state index < -0.39 is 14.9 Å². The number of nitrogens with one attached hydrogen (secondary N) is 2. The van der Waals surface area contributed by atoms with E-state index in [0.29, 0.717) is 11.7 Å². The molecule has 0 atom stereocenters. The van der Waals surface area contributed by atoms with E-state index in [0.717, 1.165) is 44.5 Å². The van der Waals surface area contributed by atoms with E-state index in [1.54, 1.807) is 6.07 Å². The molecule has 25 heavy (non-hydrogen) atoms. The maximum Gasteiger partial charge on any atom is 0.293 e. The number of benzene rings is 1. The largest absolute Gasteiger partial charge is 0.366 e. The van der Waals surface area contributed by atoms with E-state index in [2.05, 4.69) is 10.0 Å². The average Bonchev–Trinajstić information content (AvgIpc) is 3.44. The Kier molecular flexibility index (Phi) is 5.26. The van der Waals surface area contributed by atoms with Gasteiger partial charge in [-0.2, -0.15) is 0 Å². The van der Waals surface area contributed by atoms with Crippen LogP contribution in [0.15, 0.2) is 23.1 Å². The van der Waals surface area contributed by atoms with Crippen molar-refractivity contribution < 1.29 is 13.3 Å². The summed E-state index contributed by atoms with van der Waals surface area (Å²) in [6.07, 6.45) is 4.50. The highest BCUT2D eigenvalue weighted by Crippen LogP contribution is 2.33. The minimum atomic E-state index is -3.70. The lowest BCUT2D eigenvalue weighted by atomic mass is 10.0. The van der Waals surface area contributed by atoms with E-state index >= 15 is 0 Å². The second-order valence-electron chi connectivity index (χ2n) is 6.73. The summed E-state index contributed by atoms with van der Waals surface area (Å²) < 4.78 is 25.9. The van der Waals surface area contributed by atoms with Crippen LogP contribution in [0.2, 0.25) is 0 Å². The van der Waals surface area contributed by atoms with Crippen LogP contribution in [0.4, 0.5) is 11.4 Å². The Bertz CT molecular complexity index is 741. The zero-order valence-corrected chi connectivity index (χ0v) is 15.1. The lowest BCUT2D eigenvalue weighted by Gasteiger charge is -2.33. The zero-order valence-electron chi connectivity index (χ0n) is 14.3. The summed E-state index contributed by atoms with van der Waals surface area (Å²) in [7, 11) is -2.42. The van der Waals surface area contributed by atoms with Crippen LogP contribution >= 0.6 is 0 Å². The molecule has 2 aliphatic rings. The van der Waals surface area contributed by atoms with Gasteiger partial charge in [0.05, 0.1) is 9.82 Å². The monoisotopic (exact) mass is 368 g/mol. The van der Waals surface area contributed by atoms with Crippen molar-refractivity contribution in [1.82, 2.24) is 10.0 Å². The summed E-state index contributed by atoms with van der Waals surface area (Å²) in [5.41, 5.74) is 0.321. The van der Waals surface area contributed by atoms with Gasteiger partial charge in [-0.25, -0.2) is 13.1 Å². The van der Waals surface area contributed by atoms with Crippen LogP contribution in [0, 0.1) is 16.0 Å². The third-order valence-corrected chi connectivity index (χ3v) is 6.36. The van der Waals surface area contributed by atoms with E-state index in [-0.39, 0.29) is 10.6 Å². The second kappa shape index (κ2) is 7.27. The van der Waals surface area contributed by atoms with Gasteiger partial charge >= 0.3 is 0 Å². The number of hydrogen-bond donors (Lipinski definition) is 2. The van der Waals surface area contributed by atoms with Crippen LogP contribution in [-0.4, -0.2) is 46.1 Å². The normalized spacial score (nSPS) is 19.2. The number of piperidine rings is 1. The van der Waals surface area contributed by atoms with E-state index in [1.165, 1.54) is 26.0 Å². The maximum atomic E-state index is 11.9.